The zero-order chi connectivity index (χ0) is 11.7. The molecule has 1 heterocycles. The molecule has 16 heavy (non-hydrogen) atoms. The first-order valence-corrected chi connectivity index (χ1v) is 4.74. The Hall–Kier alpha value is -2.30. The van der Waals surface area contributed by atoms with Gasteiger partial charge in [0.25, 0.3) is 0 Å². The molecule has 0 saturated carbocycles. The van der Waals surface area contributed by atoms with Gasteiger partial charge in [0.05, 0.1) is 5.69 Å². The van der Waals surface area contributed by atoms with E-state index in [2.05, 4.69) is 5.10 Å². The van der Waals surface area contributed by atoms with Gasteiger partial charge in [-0.1, -0.05) is 6.07 Å². The first-order valence-electron chi connectivity index (χ1n) is 4.74. The Labute approximate surface area is 92.1 Å². The Morgan fingerprint density at radius 1 is 1.44 bits per heavy atom. The van der Waals surface area contributed by atoms with Crippen molar-refractivity contribution in [3.8, 4) is 5.69 Å². The van der Waals surface area contributed by atoms with Crippen LogP contribution in [0.1, 0.15) is 16.2 Å². The number of hydrogen-bond acceptors (Lipinski definition) is 3. The summed E-state index contributed by atoms with van der Waals surface area (Å²) in [5.41, 5.74) is 7.81. The van der Waals surface area contributed by atoms with Crippen LogP contribution in [0.25, 0.3) is 5.69 Å². The van der Waals surface area contributed by atoms with Crippen molar-refractivity contribution in [2.45, 2.75) is 6.92 Å². The van der Waals surface area contributed by atoms with Crippen molar-refractivity contribution in [2.24, 2.45) is 0 Å². The normalized spacial score (nSPS) is 10.3. The number of benzene rings is 1. The van der Waals surface area contributed by atoms with Crippen LogP contribution < -0.4 is 5.73 Å². The fourth-order valence-corrected chi connectivity index (χ4v) is 1.50. The van der Waals surface area contributed by atoms with Crippen LogP contribution in [0.2, 0.25) is 0 Å². The van der Waals surface area contributed by atoms with Gasteiger partial charge in [0.2, 0.25) is 0 Å². The first-order chi connectivity index (χ1) is 7.58. The van der Waals surface area contributed by atoms with Gasteiger partial charge < -0.3 is 10.8 Å². The predicted octanol–water partition coefficient (Wildman–Crippen LogP) is 1.46. The molecular formula is C11H11N3O2. The third kappa shape index (κ3) is 1.75. The SMILES string of the molecule is Cc1cc(C(=O)O)nn1-c1cccc(N)c1. The quantitative estimate of drug-likeness (QED) is 0.746. The summed E-state index contributed by atoms with van der Waals surface area (Å²) in [7, 11) is 0. The van der Waals surface area contributed by atoms with E-state index >= 15 is 0 Å². The predicted molar refractivity (Wildman–Crippen MR) is 59.7 cm³/mol. The van der Waals surface area contributed by atoms with Crippen LogP contribution in [0.4, 0.5) is 5.69 Å². The van der Waals surface area contributed by atoms with E-state index in [1.165, 1.54) is 6.07 Å². The van der Waals surface area contributed by atoms with Gasteiger partial charge in [-0.3, -0.25) is 0 Å². The number of nitrogens with zero attached hydrogens (tertiary/aromatic N) is 2. The van der Waals surface area contributed by atoms with Crippen molar-refractivity contribution < 1.29 is 9.90 Å². The smallest absolute Gasteiger partial charge is 0.356 e. The monoisotopic (exact) mass is 217 g/mol. The van der Waals surface area contributed by atoms with Gasteiger partial charge in [0.1, 0.15) is 0 Å². The van der Waals surface area contributed by atoms with Gasteiger partial charge in [-0.2, -0.15) is 5.10 Å². The molecule has 0 aliphatic carbocycles. The molecule has 0 amide bonds. The van der Waals surface area contributed by atoms with E-state index in [9.17, 15) is 4.79 Å². The maximum absolute atomic E-state index is 10.8. The van der Waals surface area contributed by atoms with E-state index in [4.69, 9.17) is 10.8 Å². The summed E-state index contributed by atoms with van der Waals surface area (Å²) in [5, 5.41) is 12.8. The molecule has 2 rings (SSSR count). The van der Waals surface area contributed by atoms with Gasteiger partial charge >= 0.3 is 5.97 Å². The molecule has 1 aromatic heterocycles. The fourth-order valence-electron chi connectivity index (χ4n) is 1.50. The second kappa shape index (κ2) is 3.69. The van der Waals surface area contributed by atoms with Crippen LogP contribution in [0.15, 0.2) is 30.3 Å². The highest BCUT2D eigenvalue weighted by Crippen LogP contribution is 2.14. The van der Waals surface area contributed by atoms with Gasteiger partial charge in [0, 0.05) is 11.4 Å². The number of aryl methyl sites for hydroxylation is 1. The lowest BCUT2D eigenvalue weighted by Gasteiger charge is -2.04. The molecule has 0 saturated heterocycles. The number of rotatable bonds is 2. The molecule has 0 spiro atoms. The van der Waals surface area contributed by atoms with Gasteiger partial charge in [-0.05, 0) is 31.2 Å². The number of nitrogen functional groups attached to an aromatic ring is 1. The number of nitrogens with two attached hydrogens (primary N) is 1. The van der Waals surface area contributed by atoms with Gasteiger partial charge in [0.15, 0.2) is 5.69 Å². The average Bonchev–Trinajstić information content (AvgIpc) is 2.60. The molecule has 0 unspecified atom stereocenters. The molecule has 0 aliphatic heterocycles. The summed E-state index contributed by atoms with van der Waals surface area (Å²) in [5.74, 6) is -1.04. The summed E-state index contributed by atoms with van der Waals surface area (Å²) in [6.07, 6.45) is 0. The highest BCUT2D eigenvalue weighted by atomic mass is 16.4. The number of anilines is 1. The first kappa shape index (κ1) is 10.2. The molecule has 0 atom stereocenters. The van der Waals surface area contributed by atoms with E-state index in [1.54, 1.807) is 29.8 Å². The fraction of sp³-hybridized carbons (Fsp3) is 0.0909. The number of carbonyl (C=O) groups is 1. The zero-order valence-electron chi connectivity index (χ0n) is 8.71. The lowest BCUT2D eigenvalue weighted by molar-refractivity contribution is 0.0690. The van der Waals surface area contributed by atoms with Crippen molar-refractivity contribution in [3.63, 3.8) is 0 Å². The molecule has 0 fully saturated rings. The summed E-state index contributed by atoms with van der Waals surface area (Å²) in [4.78, 5) is 10.8. The molecule has 0 radical (unpaired) electrons. The number of carboxylic acids is 1. The Kier molecular flexibility index (Phi) is 2.36. The van der Waals surface area contributed by atoms with E-state index in [0.717, 1.165) is 11.4 Å². The van der Waals surface area contributed by atoms with Crippen molar-refractivity contribution in [1.82, 2.24) is 9.78 Å². The largest absolute Gasteiger partial charge is 0.476 e. The molecule has 1 aromatic carbocycles. The van der Waals surface area contributed by atoms with Gasteiger partial charge in [-0.25, -0.2) is 9.48 Å². The minimum atomic E-state index is -1.04. The van der Waals surface area contributed by atoms with Crippen LogP contribution >= 0.6 is 0 Å². The second-order valence-electron chi connectivity index (χ2n) is 3.48. The maximum Gasteiger partial charge on any atom is 0.356 e. The van der Waals surface area contributed by atoms with Gasteiger partial charge in [-0.15, -0.1) is 0 Å². The lowest BCUT2D eigenvalue weighted by atomic mass is 10.3. The minimum absolute atomic E-state index is 0.0277. The van der Waals surface area contributed by atoms with E-state index < -0.39 is 5.97 Å². The molecule has 0 bridgehead atoms. The standard InChI is InChI=1S/C11H11N3O2/c1-7-5-10(11(15)16)13-14(7)9-4-2-3-8(12)6-9/h2-6H,12H2,1H3,(H,15,16). The van der Waals surface area contributed by atoms with Crippen LogP contribution in [-0.4, -0.2) is 20.9 Å². The van der Waals surface area contributed by atoms with E-state index in [0.29, 0.717) is 5.69 Å². The molecule has 3 N–H and O–H groups in total. The van der Waals surface area contributed by atoms with Crippen LogP contribution in [-0.2, 0) is 0 Å². The zero-order valence-corrected chi connectivity index (χ0v) is 8.71. The van der Waals surface area contributed by atoms with Crippen LogP contribution in [0, 0.1) is 6.92 Å². The average molecular weight is 217 g/mol. The Bertz CT molecular complexity index is 546. The van der Waals surface area contributed by atoms with Crippen LogP contribution in [0.3, 0.4) is 0 Å². The van der Waals surface area contributed by atoms with Crippen molar-refractivity contribution in [3.05, 3.63) is 41.7 Å². The lowest BCUT2D eigenvalue weighted by Crippen LogP contribution is -2.02. The van der Waals surface area contributed by atoms with Crippen molar-refractivity contribution >= 4 is 11.7 Å². The molecular weight excluding hydrogens is 206 g/mol. The Morgan fingerprint density at radius 3 is 2.75 bits per heavy atom. The van der Waals surface area contributed by atoms with Crippen molar-refractivity contribution in [1.29, 1.82) is 0 Å². The van der Waals surface area contributed by atoms with Crippen molar-refractivity contribution in [2.75, 3.05) is 5.73 Å². The summed E-state index contributed by atoms with van der Waals surface area (Å²) < 4.78 is 1.56. The summed E-state index contributed by atoms with van der Waals surface area (Å²) in [6, 6.07) is 8.64. The highest BCUT2D eigenvalue weighted by Gasteiger charge is 2.11. The summed E-state index contributed by atoms with van der Waals surface area (Å²) in [6.45, 7) is 1.79. The molecule has 82 valence electrons. The van der Waals surface area contributed by atoms with E-state index in [-0.39, 0.29) is 5.69 Å². The minimum Gasteiger partial charge on any atom is -0.476 e. The Morgan fingerprint density at radius 2 is 2.19 bits per heavy atom. The molecule has 5 nitrogen and oxygen atoms in total. The molecule has 5 heteroatoms. The second-order valence-corrected chi connectivity index (χ2v) is 3.48. The molecule has 2 aromatic rings. The maximum atomic E-state index is 10.8. The number of aromatic nitrogens is 2. The third-order valence-electron chi connectivity index (χ3n) is 2.22. The number of hydrogen-bond donors (Lipinski definition) is 2. The molecule has 0 aliphatic rings. The highest BCUT2D eigenvalue weighted by molar-refractivity contribution is 5.85. The Balaban J connectivity index is 2.52. The third-order valence-corrected chi connectivity index (χ3v) is 2.22. The number of carboxylic acid groups (broad SMARTS) is 1. The summed E-state index contributed by atoms with van der Waals surface area (Å²) >= 11 is 0. The van der Waals surface area contributed by atoms with E-state index in [1.807, 2.05) is 6.07 Å². The van der Waals surface area contributed by atoms with Crippen LogP contribution in [0.5, 0.6) is 0 Å². The topological polar surface area (TPSA) is 81.1 Å². The number of aromatic carboxylic acids is 1.